The second kappa shape index (κ2) is 10.8. The summed E-state index contributed by atoms with van der Waals surface area (Å²) in [7, 11) is 0. The summed E-state index contributed by atoms with van der Waals surface area (Å²) in [6.45, 7) is 7.91. The SMILES string of the molecule is Cc1cccc(C)c1C(=O)N1CCC[C@H](C(=O)Nc2cccc(N3CCCC3C)c2)[C@@H]1c1ccccc1. The van der Waals surface area contributed by atoms with Gasteiger partial charge in [-0.2, -0.15) is 0 Å². The molecule has 37 heavy (non-hydrogen) atoms. The molecule has 2 aliphatic heterocycles. The first-order chi connectivity index (χ1) is 17.9. The number of carbonyl (C=O) groups is 2. The van der Waals surface area contributed by atoms with Gasteiger partial charge in [0.1, 0.15) is 0 Å². The third-order valence-electron chi connectivity index (χ3n) is 8.06. The van der Waals surface area contributed by atoms with Gasteiger partial charge in [-0.25, -0.2) is 0 Å². The monoisotopic (exact) mass is 495 g/mol. The fraction of sp³-hybridized carbons (Fsp3) is 0.375. The molecule has 0 aromatic heterocycles. The molecule has 1 unspecified atom stereocenters. The Balaban J connectivity index is 1.44. The molecule has 3 atom stereocenters. The van der Waals surface area contributed by atoms with E-state index in [9.17, 15) is 9.59 Å². The zero-order chi connectivity index (χ0) is 25.9. The van der Waals surface area contributed by atoms with Gasteiger partial charge in [0.05, 0.1) is 12.0 Å². The number of hydrogen-bond acceptors (Lipinski definition) is 3. The molecule has 2 amide bonds. The molecule has 5 rings (SSSR count). The minimum atomic E-state index is -0.334. The van der Waals surface area contributed by atoms with Gasteiger partial charge in [0, 0.05) is 36.1 Å². The van der Waals surface area contributed by atoms with Gasteiger partial charge in [0.25, 0.3) is 5.91 Å². The van der Waals surface area contributed by atoms with Crippen molar-refractivity contribution in [3.05, 3.63) is 95.1 Å². The second-order valence-corrected chi connectivity index (χ2v) is 10.6. The minimum absolute atomic E-state index is 0.00646. The third kappa shape index (κ3) is 5.13. The van der Waals surface area contributed by atoms with Gasteiger partial charge in [-0.15, -0.1) is 0 Å². The Bertz CT molecular complexity index is 1250. The molecule has 0 bridgehead atoms. The summed E-state index contributed by atoms with van der Waals surface area (Å²) in [5, 5.41) is 3.21. The minimum Gasteiger partial charge on any atom is -0.369 e. The van der Waals surface area contributed by atoms with Crippen molar-refractivity contribution in [1.82, 2.24) is 4.90 Å². The lowest BCUT2D eigenvalue weighted by molar-refractivity contribution is -0.123. The van der Waals surface area contributed by atoms with Crippen LogP contribution in [-0.2, 0) is 4.79 Å². The van der Waals surface area contributed by atoms with Crippen LogP contribution >= 0.6 is 0 Å². The van der Waals surface area contributed by atoms with Crippen LogP contribution < -0.4 is 10.2 Å². The first-order valence-corrected chi connectivity index (χ1v) is 13.5. The van der Waals surface area contributed by atoms with Gasteiger partial charge in [-0.05, 0) is 81.3 Å². The fourth-order valence-corrected chi connectivity index (χ4v) is 6.17. The predicted molar refractivity (Wildman–Crippen MR) is 150 cm³/mol. The number of anilines is 2. The fourth-order valence-electron chi connectivity index (χ4n) is 6.17. The molecule has 0 spiro atoms. The van der Waals surface area contributed by atoms with Crippen LogP contribution in [0.1, 0.15) is 65.7 Å². The Labute approximate surface area is 220 Å². The highest BCUT2D eigenvalue weighted by atomic mass is 16.2. The second-order valence-electron chi connectivity index (χ2n) is 10.6. The van der Waals surface area contributed by atoms with E-state index in [1.807, 2.05) is 79.4 Å². The number of rotatable bonds is 5. The average Bonchev–Trinajstić information content (AvgIpc) is 3.34. The van der Waals surface area contributed by atoms with Crippen molar-refractivity contribution in [3.8, 4) is 0 Å². The van der Waals surface area contributed by atoms with E-state index in [-0.39, 0.29) is 23.8 Å². The summed E-state index contributed by atoms with van der Waals surface area (Å²) in [6, 6.07) is 24.4. The molecule has 3 aromatic carbocycles. The summed E-state index contributed by atoms with van der Waals surface area (Å²) < 4.78 is 0. The van der Waals surface area contributed by atoms with E-state index in [0.29, 0.717) is 12.6 Å². The van der Waals surface area contributed by atoms with Gasteiger partial charge in [-0.1, -0.05) is 54.6 Å². The molecule has 1 N–H and O–H groups in total. The highest BCUT2D eigenvalue weighted by Gasteiger charge is 2.40. The summed E-state index contributed by atoms with van der Waals surface area (Å²) in [4.78, 5) is 32.1. The third-order valence-corrected chi connectivity index (χ3v) is 8.06. The van der Waals surface area contributed by atoms with Crippen molar-refractivity contribution in [2.24, 2.45) is 5.92 Å². The van der Waals surface area contributed by atoms with E-state index in [2.05, 4.69) is 29.3 Å². The number of likely N-dealkylation sites (tertiary alicyclic amines) is 1. The largest absolute Gasteiger partial charge is 0.369 e. The molecule has 5 nitrogen and oxygen atoms in total. The zero-order valence-corrected chi connectivity index (χ0v) is 22.1. The summed E-state index contributed by atoms with van der Waals surface area (Å²) in [5.74, 6) is -0.356. The number of piperidine rings is 1. The molecule has 2 saturated heterocycles. The number of benzene rings is 3. The Morgan fingerprint density at radius 3 is 2.24 bits per heavy atom. The summed E-state index contributed by atoms with van der Waals surface area (Å²) in [5.41, 5.74) is 5.65. The van der Waals surface area contributed by atoms with Crippen LogP contribution in [0.25, 0.3) is 0 Å². The van der Waals surface area contributed by atoms with Crippen LogP contribution in [-0.4, -0.2) is 35.8 Å². The van der Waals surface area contributed by atoms with Crippen molar-refractivity contribution in [2.45, 2.75) is 58.5 Å². The van der Waals surface area contributed by atoms with E-state index < -0.39 is 0 Å². The van der Waals surface area contributed by atoms with Gasteiger partial charge >= 0.3 is 0 Å². The van der Waals surface area contributed by atoms with E-state index in [4.69, 9.17) is 0 Å². The van der Waals surface area contributed by atoms with Crippen LogP contribution in [0.2, 0.25) is 0 Å². The molecule has 0 aliphatic carbocycles. The van der Waals surface area contributed by atoms with Gasteiger partial charge < -0.3 is 15.1 Å². The molecule has 2 aliphatic rings. The van der Waals surface area contributed by atoms with E-state index >= 15 is 0 Å². The Kier molecular flexibility index (Phi) is 7.31. The van der Waals surface area contributed by atoms with E-state index in [0.717, 1.165) is 53.0 Å². The van der Waals surface area contributed by atoms with Crippen molar-refractivity contribution < 1.29 is 9.59 Å². The van der Waals surface area contributed by atoms with E-state index in [1.54, 1.807) is 0 Å². The predicted octanol–water partition coefficient (Wildman–Crippen LogP) is 6.52. The lowest BCUT2D eigenvalue weighted by Crippen LogP contribution is -2.46. The Morgan fingerprint density at radius 2 is 1.54 bits per heavy atom. The van der Waals surface area contributed by atoms with Crippen LogP contribution in [0.5, 0.6) is 0 Å². The van der Waals surface area contributed by atoms with Crippen molar-refractivity contribution in [1.29, 1.82) is 0 Å². The average molecular weight is 496 g/mol. The van der Waals surface area contributed by atoms with Crippen LogP contribution in [0, 0.1) is 19.8 Å². The molecule has 0 radical (unpaired) electrons. The molecule has 192 valence electrons. The van der Waals surface area contributed by atoms with Crippen molar-refractivity contribution in [3.63, 3.8) is 0 Å². The standard InChI is InChI=1S/C32H37N3O2/c1-22-11-7-12-23(2)29(22)32(37)35-20-10-18-28(30(35)25-14-5-4-6-15-25)31(36)33-26-16-8-17-27(21-26)34-19-9-13-24(34)3/h4-8,11-12,14-17,21,24,28,30H,9-10,13,18-20H2,1-3H3,(H,33,36)/t24?,28-,30-/m0/s1. The Morgan fingerprint density at radius 1 is 0.838 bits per heavy atom. The molecule has 0 saturated carbocycles. The molecular weight excluding hydrogens is 458 g/mol. The quantitative estimate of drug-likeness (QED) is 0.438. The van der Waals surface area contributed by atoms with Gasteiger partial charge in [-0.3, -0.25) is 9.59 Å². The number of nitrogens with zero attached hydrogens (tertiary/aromatic N) is 2. The highest BCUT2D eigenvalue weighted by molar-refractivity contribution is 5.99. The van der Waals surface area contributed by atoms with Crippen LogP contribution in [0.15, 0.2) is 72.8 Å². The number of aryl methyl sites for hydroxylation is 2. The van der Waals surface area contributed by atoms with Crippen molar-refractivity contribution >= 4 is 23.2 Å². The lowest BCUT2D eigenvalue weighted by atomic mass is 9.83. The van der Waals surface area contributed by atoms with Gasteiger partial charge in [0.2, 0.25) is 5.91 Å². The maximum atomic E-state index is 14.0. The van der Waals surface area contributed by atoms with E-state index in [1.165, 1.54) is 12.8 Å². The summed E-state index contributed by atoms with van der Waals surface area (Å²) >= 11 is 0. The smallest absolute Gasteiger partial charge is 0.254 e. The normalized spacial score (nSPS) is 21.6. The number of hydrogen-bond donors (Lipinski definition) is 1. The maximum absolute atomic E-state index is 14.0. The first kappa shape index (κ1) is 25.1. The number of amides is 2. The molecule has 5 heteroatoms. The van der Waals surface area contributed by atoms with Crippen molar-refractivity contribution in [2.75, 3.05) is 23.3 Å². The molecular formula is C32H37N3O2. The lowest BCUT2D eigenvalue weighted by Gasteiger charge is -2.41. The molecule has 2 fully saturated rings. The Hall–Kier alpha value is -3.60. The van der Waals surface area contributed by atoms with Crippen LogP contribution in [0.4, 0.5) is 11.4 Å². The first-order valence-electron chi connectivity index (χ1n) is 13.5. The highest BCUT2D eigenvalue weighted by Crippen LogP contribution is 2.38. The topological polar surface area (TPSA) is 52.7 Å². The summed E-state index contributed by atoms with van der Waals surface area (Å²) in [6.07, 6.45) is 3.93. The van der Waals surface area contributed by atoms with Crippen LogP contribution in [0.3, 0.4) is 0 Å². The molecule has 3 aromatic rings. The van der Waals surface area contributed by atoms with Gasteiger partial charge in [0.15, 0.2) is 0 Å². The number of carbonyl (C=O) groups excluding carboxylic acids is 2. The zero-order valence-electron chi connectivity index (χ0n) is 22.1. The number of nitrogens with one attached hydrogen (secondary N) is 1. The molecule has 2 heterocycles. The maximum Gasteiger partial charge on any atom is 0.254 e.